The monoisotopic (exact) mass is 212 g/mol. The first-order valence-electron chi connectivity index (χ1n) is 4.36. The minimum atomic E-state index is -1.02. The van der Waals surface area contributed by atoms with Gasteiger partial charge in [-0.05, 0) is 6.07 Å². The number of carboxylic acids is 1. The zero-order valence-electron chi connectivity index (χ0n) is 7.99. The van der Waals surface area contributed by atoms with E-state index in [1.807, 2.05) is 0 Å². The minimum absolute atomic E-state index is 0.0390. The molecule has 0 spiro atoms. The molecule has 0 radical (unpaired) electrons. The highest BCUT2D eigenvalue weighted by molar-refractivity contribution is 5.78. The van der Waals surface area contributed by atoms with E-state index in [0.29, 0.717) is 11.3 Å². The Labute approximate surface area is 85.2 Å². The van der Waals surface area contributed by atoms with Crippen LogP contribution in [-0.2, 0) is 4.79 Å². The molecule has 0 bridgehead atoms. The Balaban J connectivity index is 2.47. The molecule has 1 unspecified atom stereocenters. The maximum atomic E-state index is 13.3. The zero-order valence-corrected chi connectivity index (χ0v) is 7.99. The number of ether oxygens (including phenoxy) is 2. The van der Waals surface area contributed by atoms with Crippen LogP contribution in [0.1, 0.15) is 11.5 Å². The summed E-state index contributed by atoms with van der Waals surface area (Å²) in [6.07, 6.45) is 0. The van der Waals surface area contributed by atoms with E-state index in [1.165, 1.54) is 13.2 Å². The maximum absolute atomic E-state index is 13.3. The van der Waals surface area contributed by atoms with E-state index >= 15 is 0 Å². The minimum Gasteiger partial charge on any atom is -0.494 e. The van der Waals surface area contributed by atoms with Gasteiger partial charge in [0, 0.05) is 11.6 Å². The first-order valence-corrected chi connectivity index (χ1v) is 4.36. The first kappa shape index (κ1) is 9.76. The molecule has 1 atom stereocenters. The van der Waals surface area contributed by atoms with Crippen LogP contribution in [0.5, 0.6) is 11.5 Å². The van der Waals surface area contributed by atoms with Gasteiger partial charge in [-0.15, -0.1) is 0 Å². The van der Waals surface area contributed by atoms with Crippen molar-refractivity contribution in [1.82, 2.24) is 0 Å². The molecule has 5 heteroatoms. The van der Waals surface area contributed by atoms with Crippen LogP contribution < -0.4 is 9.47 Å². The van der Waals surface area contributed by atoms with Gasteiger partial charge in [0.05, 0.1) is 7.11 Å². The molecule has 1 aliphatic heterocycles. The second kappa shape index (κ2) is 3.42. The summed E-state index contributed by atoms with van der Waals surface area (Å²) in [5.74, 6) is -1.95. The number of methoxy groups -OCH3 is 1. The van der Waals surface area contributed by atoms with Gasteiger partial charge in [-0.1, -0.05) is 0 Å². The molecule has 0 saturated carbocycles. The lowest BCUT2D eigenvalue weighted by Gasteiger charge is -2.05. The van der Waals surface area contributed by atoms with Gasteiger partial charge in [0.25, 0.3) is 0 Å². The highest BCUT2D eigenvalue weighted by Crippen LogP contribution is 2.38. The average Bonchev–Trinajstić information content (AvgIpc) is 2.59. The van der Waals surface area contributed by atoms with Crippen LogP contribution in [0.15, 0.2) is 12.1 Å². The fourth-order valence-electron chi connectivity index (χ4n) is 1.57. The first-order chi connectivity index (χ1) is 7.13. The molecule has 1 aromatic carbocycles. The molecular weight excluding hydrogens is 203 g/mol. The van der Waals surface area contributed by atoms with Crippen LogP contribution >= 0.6 is 0 Å². The van der Waals surface area contributed by atoms with Crippen molar-refractivity contribution >= 4 is 5.97 Å². The van der Waals surface area contributed by atoms with Crippen molar-refractivity contribution in [1.29, 1.82) is 0 Å². The summed E-state index contributed by atoms with van der Waals surface area (Å²) < 4.78 is 23.2. The number of rotatable bonds is 2. The largest absolute Gasteiger partial charge is 0.494 e. The molecule has 0 aliphatic carbocycles. The standard InChI is InChI=1S/C10H9FO4/c1-14-9-3-8-5(2-7(9)11)6(4-15-8)10(12)13/h2-3,6H,4H2,1H3,(H,12,13). The number of fused-ring (bicyclic) bond motifs is 1. The predicted molar refractivity (Wildman–Crippen MR) is 48.8 cm³/mol. The molecular formula is C10H9FO4. The van der Waals surface area contributed by atoms with Gasteiger partial charge < -0.3 is 14.6 Å². The molecule has 1 N–H and O–H groups in total. The molecule has 0 saturated heterocycles. The lowest BCUT2D eigenvalue weighted by Crippen LogP contribution is -2.12. The molecule has 0 fully saturated rings. The highest BCUT2D eigenvalue weighted by Gasteiger charge is 2.31. The normalized spacial score (nSPS) is 18.1. The van der Waals surface area contributed by atoms with E-state index in [9.17, 15) is 9.18 Å². The van der Waals surface area contributed by atoms with Gasteiger partial charge in [-0.25, -0.2) is 4.39 Å². The lowest BCUT2D eigenvalue weighted by molar-refractivity contribution is -0.138. The Kier molecular flexibility index (Phi) is 2.22. The quantitative estimate of drug-likeness (QED) is 0.804. The third kappa shape index (κ3) is 1.49. The van der Waals surface area contributed by atoms with Gasteiger partial charge in [-0.2, -0.15) is 0 Å². The van der Waals surface area contributed by atoms with Gasteiger partial charge >= 0.3 is 5.97 Å². The van der Waals surface area contributed by atoms with Crippen molar-refractivity contribution in [3.05, 3.63) is 23.5 Å². The lowest BCUT2D eigenvalue weighted by atomic mass is 10.0. The zero-order chi connectivity index (χ0) is 11.0. The number of benzene rings is 1. The third-order valence-electron chi connectivity index (χ3n) is 2.36. The van der Waals surface area contributed by atoms with Gasteiger partial charge in [-0.3, -0.25) is 4.79 Å². The summed E-state index contributed by atoms with van der Waals surface area (Å²) in [7, 11) is 1.34. The topological polar surface area (TPSA) is 55.8 Å². The molecule has 0 amide bonds. The number of hydrogen-bond acceptors (Lipinski definition) is 3. The number of carboxylic acid groups (broad SMARTS) is 1. The van der Waals surface area contributed by atoms with Gasteiger partial charge in [0.1, 0.15) is 18.3 Å². The average molecular weight is 212 g/mol. The van der Waals surface area contributed by atoms with Crippen molar-refractivity contribution in [2.24, 2.45) is 0 Å². The molecule has 1 heterocycles. The van der Waals surface area contributed by atoms with E-state index in [2.05, 4.69) is 0 Å². The summed E-state index contributed by atoms with van der Waals surface area (Å²) in [5, 5.41) is 8.84. The van der Waals surface area contributed by atoms with E-state index in [-0.39, 0.29) is 12.4 Å². The van der Waals surface area contributed by atoms with Crippen molar-refractivity contribution in [2.75, 3.05) is 13.7 Å². The molecule has 4 nitrogen and oxygen atoms in total. The van der Waals surface area contributed by atoms with Crippen molar-refractivity contribution in [3.8, 4) is 11.5 Å². The maximum Gasteiger partial charge on any atom is 0.314 e. The summed E-state index contributed by atoms with van der Waals surface area (Å²) in [5.41, 5.74) is 0.362. The Morgan fingerprint density at radius 2 is 2.40 bits per heavy atom. The number of carbonyl (C=O) groups is 1. The van der Waals surface area contributed by atoms with Crippen LogP contribution in [0, 0.1) is 5.82 Å². The number of halogens is 1. The molecule has 0 aromatic heterocycles. The molecule has 15 heavy (non-hydrogen) atoms. The van der Waals surface area contributed by atoms with Gasteiger partial charge in [0.2, 0.25) is 0 Å². The predicted octanol–water partition coefficient (Wildman–Crippen LogP) is 1.39. The van der Waals surface area contributed by atoms with Crippen LogP contribution in [0.3, 0.4) is 0 Å². The van der Waals surface area contributed by atoms with Crippen molar-refractivity contribution < 1.29 is 23.8 Å². The molecule has 2 rings (SSSR count). The fraction of sp³-hybridized carbons (Fsp3) is 0.300. The van der Waals surface area contributed by atoms with E-state index < -0.39 is 17.7 Å². The molecule has 80 valence electrons. The summed E-state index contributed by atoms with van der Waals surface area (Å²) in [4.78, 5) is 10.8. The smallest absolute Gasteiger partial charge is 0.314 e. The van der Waals surface area contributed by atoms with E-state index in [4.69, 9.17) is 14.6 Å². The second-order valence-corrected chi connectivity index (χ2v) is 3.23. The van der Waals surface area contributed by atoms with Crippen LogP contribution in [0.4, 0.5) is 4.39 Å². The Hall–Kier alpha value is -1.78. The summed E-state index contributed by atoms with van der Waals surface area (Å²) in [6, 6.07) is 2.52. The highest BCUT2D eigenvalue weighted by atomic mass is 19.1. The van der Waals surface area contributed by atoms with Crippen LogP contribution in [0.2, 0.25) is 0 Å². The third-order valence-corrected chi connectivity index (χ3v) is 2.36. The Morgan fingerprint density at radius 1 is 1.67 bits per heavy atom. The fourth-order valence-corrected chi connectivity index (χ4v) is 1.57. The number of hydrogen-bond donors (Lipinski definition) is 1. The SMILES string of the molecule is COc1cc2c(cc1F)C(C(=O)O)CO2. The van der Waals surface area contributed by atoms with E-state index in [0.717, 1.165) is 6.07 Å². The van der Waals surface area contributed by atoms with Crippen LogP contribution in [0.25, 0.3) is 0 Å². The molecule has 1 aliphatic rings. The van der Waals surface area contributed by atoms with E-state index in [1.54, 1.807) is 0 Å². The summed E-state index contributed by atoms with van der Waals surface area (Å²) in [6.45, 7) is 0.0390. The Morgan fingerprint density at radius 3 is 3.00 bits per heavy atom. The van der Waals surface area contributed by atoms with Crippen molar-refractivity contribution in [3.63, 3.8) is 0 Å². The Bertz CT molecular complexity index is 416. The second-order valence-electron chi connectivity index (χ2n) is 3.23. The number of aliphatic carboxylic acids is 1. The van der Waals surface area contributed by atoms with Crippen LogP contribution in [-0.4, -0.2) is 24.8 Å². The molecule has 1 aromatic rings. The summed E-state index contributed by atoms with van der Waals surface area (Å²) >= 11 is 0. The van der Waals surface area contributed by atoms with Crippen molar-refractivity contribution in [2.45, 2.75) is 5.92 Å². The van der Waals surface area contributed by atoms with Gasteiger partial charge in [0.15, 0.2) is 11.6 Å².